The molecule has 1 amide bonds. The van der Waals surface area contributed by atoms with Gasteiger partial charge in [-0.25, -0.2) is 17.9 Å². The van der Waals surface area contributed by atoms with Crippen LogP contribution in [0.15, 0.2) is 29.2 Å². The van der Waals surface area contributed by atoms with E-state index in [-0.39, 0.29) is 17.9 Å². The van der Waals surface area contributed by atoms with Gasteiger partial charge in [0.05, 0.1) is 11.0 Å². The van der Waals surface area contributed by atoms with Crippen LogP contribution < -0.4 is 10.5 Å². The SMILES string of the molecule is NC(=O)c1nnn(C(CCNS(=O)(=O)c2ccc(Cl)cc2)(OC2CCCCC2)C(=O)O)n1. The molecule has 1 fully saturated rings. The Hall–Kier alpha value is -2.61. The van der Waals surface area contributed by atoms with Crippen molar-refractivity contribution in [1.82, 2.24) is 24.9 Å². The summed E-state index contributed by atoms with van der Waals surface area (Å²) in [6.07, 6.45) is 3.21. The summed E-state index contributed by atoms with van der Waals surface area (Å²) in [5.41, 5.74) is 2.97. The molecule has 1 heterocycles. The number of hydrogen-bond acceptors (Lipinski definition) is 8. The van der Waals surface area contributed by atoms with Crippen molar-refractivity contribution in [3.8, 4) is 0 Å². The number of nitrogens with two attached hydrogens (primary N) is 1. The summed E-state index contributed by atoms with van der Waals surface area (Å²) in [7, 11) is -3.95. The van der Waals surface area contributed by atoms with Crippen molar-refractivity contribution in [1.29, 1.82) is 0 Å². The summed E-state index contributed by atoms with van der Waals surface area (Å²) in [4.78, 5) is 24.4. The van der Waals surface area contributed by atoms with Crippen LogP contribution in [0.4, 0.5) is 0 Å². The maximum atomic E-state index is 12.6. The third kappa shape index (κ3) is 5.41. The molecule has 0 bridgehead atoms. The van der Waals surface area contributed by atoms with E-state index in [9.17, 15) is 23.1 Å². The number of benzene rings is 1. The summed E-state index contributed by atoms with van der Waals surface area (Å²) < 4.78 is 33.4. The minimum Gasteiger partial charge on any atom is -0.478 e. The Kier molecular flexibility index (Phi) is 7.44. The largest absolute Gasteiger partial charge is 0.478 e. The van der Waals surface area contributed by atoms with E-state index in [1.165, 1.54) is 24.3 Å². The number of carbonyl (C=O) groups is 2. The van der Waals surface area contributed by atoms with Crippen LogP contribution in [0.1, 0.15) is 49.1 Å². The fourth-order valence-electron chi connectivity index (χ4n) is 3.43. The second-order valence-electron chi connectivity index (χ2n) is 7.34. The number of amides is 1. The first kappa shape index (κ1) is 24.0. The molecule has 1 unspecified atom stereocenters. The molecular weight excluding hydrogens is 464 g/mol. The molecule has 0 radical (unpaired) electrons. The number of carbonyl (C=O) groups excluding carboxylic acids is 1. The van der Waals surface area contributed by atoms with Crippen LogP contribution in [0.5, 0.6) is 0 Å². The minimum atomic E-state index is -3.95. The first-order valence-electron chi connectivity index (χ1n) is 9.91. The van der Waals surface area contributed by atoms with Gasteiger partial charge in [0.25, 0.3) is 17.5 Å². The first-order chi connectivity index (χ1) is 15.1. The topological polar surface area (TPSA) is 179 Å². The number of hydrogen-bond donors (Lipinski definition) is 3. The molecule has 2 aromatic rings. The highest BCUT2D eigenvalue weighted by molar-refractivity contribution is 7.89. The van der Waals surface area contributed by atoms with E-state index in [1.54, 1.807) is 0 Å². The molecule has 1 atom stereocenters. The number of primary amides is 1. The monoisotopic (exact) mass is 486 g/mol. The van der Waals surface area contributed by atoms with Crippen LogP contribution in [0.2, 0.25) is 5.02 Å². The molecule has 4 N–H and O–H groups in total. The van der Waals surface area contributed by atoms with Crippen molar-refractivity contribution < 1.29 is 27.9 Å². The lowest BCUT2D eigenvalue weighted by Crippen LogP contribution is -2.50. The number of aliphatic carboxylic acids is 1. The van der Waals surface area contributed by atoms with Crippen molar-refractivity contribution in [3.05, 3.63) is 35.1 Å². The second-order valence-corrected chi connectivity index (χ2v) is 9.54. The van der Waals surface area contributed by atoms with Crippen LogP contribution in [-0.2, 0) is 25.3 Å². The van der Waals surface area contributed by atoms with Gasteiger partial charge in [-0.3, -0.25) is 4.79 Å². The van der Waals surface area contributed by atoms with Crippen LogP contribution in [0, 0.1) is 0 Å². The lowest BCUT2D eigenvalue weighted by atomic mass is 9.97. The van der Waals surface area contributed by atoms with Gasteiger partial charge in [-0.15, -0.1) is 15.0 Å². The number of rotatable bonds is 10. The van der Waals surface area contributed by atoms with Crippen molar-refractivity contribution in [2.24, 2.45) is 5.73 Å². The predicted molar refractivity (Wildman–Crippen MR) is 111 cm³/mol. The maximum absolute atomic E-state index is 12.6. The van der Waals surface area contributed by atoms with Crippen LogP contribution in [0.3, 0.4) is 0 Å². The Labute approximate surface area is 189 Å². The summed E-state index contributed by atoms with van der Waals surface area (Å²) >= 11 is 5.79. The number of carboxylic acids is 1. The van der Waals surface area contributed by atoms with Crippen molar-refractivity contribution in [2.45, 2.75) is 55.2 Å². The van der Waals surface area contributed by atoms with E-state index in [1.807, 2.05) is 0 Å². The van der Waals surface area contributed by atoms with E-state index in [0.29, 0.717) is 22.7 Å². The van der Waals surface area contributed by atoms with Gasteiger partial charge in [0.15, 0.2) is 0 Å². The Morgan fingerprint density at radius 2 is 1.91 bits per heavy atom. The van der Waals surface area contributed by atoms with Gasteiger partial charge in [-0.1, -0.05) is 30.9 Å². The molecule has 174 valence electrons. The van der Waals surface area contributed by atoms with Gasteiger partial charge in [0, 0.05) is 18.0 Å². The fraction of sp³-hybridized carbons (Fsp3) is 0.500. The maximum Gasteiger partial charge on any atom is 0.361 e. The van der Waals surface area contributed by atoms with Crippen molar-refractivity contribution in [2.75, 3.05) is 6.54 Å². The Balaban J connectivity index is 1.85. The first-order valence-corrected chi connectivity index (χ1v) is 11.8. The highest BCUT2D eigenvalue weighted by Gasteiger charge is 2.47. The number of halogens is 1. The molecule has 32 heavy (non-hydrogen) atoms. The summed E-state index contributed by atoms with van der Waals surface area (Å²) in [5, 5.41) is 21.4. The zero-order valence-corrected chi connectivity index (χ0v) is 18.5. The number of nitrogens with zero attached hydrogens (tertiary/aromatic N) is 4. The number of tetrazole rings is 1. The molecule has 0 spiro atoms. The van der Waals surface area contributed by atoms with Crippen LogP contribution in [0.25, 0.3) is 0 Å². The average Bonchev–Trinajstić information content (AvgIpc) is 3.25. The molecule has 1 aliphatic rings. The van der Waals surface area contributed by atoms with E-state index < -0.39 is 39.6 Å². The van der Waals surface area contributed by atoms with Gasteiger partial charge >= 0.3 is 5.97 Å². The average molecular weight is 487 g/mol. The zero-order valence-electron chi connectivity index (χ0n) is 17.0. The van der Waals surface area contributed by atoms with Gasteiger partial charge < -0.3 is 15.6 Å². The number of sulfonamides is 1. The molecule has 14 heteroatoms. The normalized spacial score (nSPS) is 17.0. The van der Waals surface area contributed by atoms with Gasteiger partial charge in [-0.2, -0.15) is 0 Å². The molecular formula is C18H23ClN6O6S. The molecule has 3 rings (SSSR count). The smallest absolute Gasteiger partial charge is 0.361 e. The molecule has 1 aromatic heterocycles. The highest BCUT2D eigenvalue weighted by Crippen LogP contribution is 2.30. The number of ether oxygens (including phenoxy) is 1. The molecule has 1 saturated carbocycles. The van der Waals surface area contributed by atoms with Gasteiger partial charge in [-0.05, 0) is 42.3 Å². The lowest BCUT2D eigenvalue weighted by Gasteiger charge is -2.34. The third-order valence-corrected chi connectivity index (χ3v) is 6.81. The summed E-state index contributed by atoms with van der Waals surface area (Å²) in [6.45, 7) is -0.322. The molecule has 1 aromatic carbocycles. The molecule has 12 nitrogen and oxygen atoms in total. The van der Waals surface area contributed by atoms with E-state index in [2.05, 4.69) is 20.1 Å². The highest BCUT2D eigenvalue weighted by atomic mass is 35.5. The van der Waals surface area contributed by atoms with E-state index >= 15 is 0 Å². The fourth-order valence-corrected chi connectivity index (χ4v) is 4.58. The third-order valence-electron chi connectivity index (χ3n) is 5.08. The van der Waals surface area contributed by atoms with Gasteiger partial charge in [0.2, 0.25) is 10.0 Å². The Bertz CT molecular complexity index is 1070. The zero-order chi connectivity index (χ0) is 23.4. The van der Waals surface area contributed by atoms with Gasteiger partial charge in [0.1, 0.15) is 0 Å². The van der Waals surface area contributed by atoms with Crippen LogP contribution in [-0.4, -0.2) is 58.3 Å². The standard InChI is InChI=1S/C18H23ClN6O6S/c19-12-6-8-14(9-7-12)32(29,30)21-11-10-18(17(27)28,31-13-4-2-1-3-5-13)25-23-16(15(20)26)22-24-25/h6-9,13,21H,1-5,10-11H2,(H2,20,26)(H,27,28). The lowest BCUT2D eigenvalue weighted by molar-refractivity contribution is -0.206. The second kappa shape index (κ2) is 9.90. The van der Waals surface area contributed by atoms with E-state index in [0.717, 1.165) is 19.3 Å². The Morgan fingerprint density at radius 3 is 2.47 bits per heavy atom. The molecule has 1 aliphatic carbocycles. The number of aromatic nitrogens is 4. The number of nitrogens with one attached hydrogen (secondary N) is 1. The van der Waals surface area contributed by atoms with Crippen molar-refractivity contribution >= 4 is 33.5 Å². The summed E-state index contributed by atoms with van der Waals surface area (Å²) in [5.74, 6) is -2.93. The Morgan fingerprint density at radius 1 is 1.25 bits per heavy atom. The minimum absolute atomic E-state index is 0.0362. The molecule has 0 aliphatic heterocycles. The number of carboxylic acid groups (broad SMARTS) is 1. The summed E-state index contributed by atoms with van der Waals surface area (Å²) in [6, 6.07) is 5.50. The van der Waals surface area contributed by atoms with Crippen molar-refractivity contribution in [3.63, 3.8) is 0 Å². The van der Waals surface area contributed by atoms with Crippen LogP contribution >= 0.6 is 11.6 Å². The quantitative estimate of drug-likeness (QED) is 0.439. The molecule has 0 saturated heterocycles. The predicted octanol–water partition coefficient (Wildman–Crippen LogP) is 0.881. The van der Waals surface area contributed by atoms with E-state index in [4.69, 9.17) is 22.1 Å².